The van der Waals surface area contributed by atoms with Crippen molar-refractivity contribution in [2.75, 3.05) is 12.4 Å². The smallest absolute Gasteiger partial charge is 0.322 e. The number of nitrogens with zero attached hydrogens (tertiary/aromatic N) is 2. The number of carbonyl (C=O) groups excluding carboxylic acids is 1. The van der Waals surface area contributed by atoms with Crippen LogP contribution in [0.15, 0.2) is 77.9 Å². The summed E-state index contributed by atoms with van der Waals surface area (Å²) in [6.45, 7) is 0.389. The number of benzene rings is 2. The Kier molecular flexibility index (Phi) is 6.37. The number of hydrogen-bond acceptors (Lipinski definition) is 4. The number of fused-ring (bicyclic) bond motifs is 1. The second-order valence-corrected chi connectivity index (χ2v) is 7.67. The highest BCUT2D eigenvalue weighted by Gasteiger charge is 2.17. The van der Waals surface area contributed by atoms with Crippen LogP contribution >= 0.6 is 11.6 Å². The van der Waals surface area contributed by atoms with E-state index in [2.05, 4.69) is 15.3 Å². The molecular weight excluding hydrogens is 428 g/mol. The number of hydrogen-bond donors (Lipinski definition) is 2. The lowest BCUT2D eigenvalue weighted by Crippen LogP contribution is -2.35. The fraction of sp³-hybridized carbons (Fsp3) is 0.125. The minimum atomic E-state index is -0.346. The van der Waals surface area contributed by atoms with Crippen LogP contribution in [0.2, 0.25) is 5.02 Å². The van der Waals surface area contributed by atoms with E-state index in [0.29, 0.717) is 27.5 Å². The van der Waals surface area contributed by atoms with Crippen molar-refractivity contribution in [1.29, 1.82) is 0 Å². The molecule has 0 spiro atoms. The Morgan fingerprint density at radius 2 is 1.94 bits per heavy atom. The van der Waals surface area contributed by atoms with Crippen LogP contribution in [0, 0.1) is 0 Å². The van der Waals surface area contributed by atoms with Crippen molar-refractivity contribution >= 4 is 34.2 Å². The van der Waals surface area contributed by atoms with Gasteiger partial charge in [0, 0.05) is 46.1 Å². The van der Waals surface area contributed by atoms with E-state index in [0.717, 1.165) is 10.9 Å². The summed E-state index contributed by atoms with van der Waals surface area (Å²) in [5, 5.41) is 4.26. The first-order chi connectivity index (χ1) is 15.5. The van der Waals surface area contributed by atoms with Gasteiger partial charge in [-0.3, -0.25) is 9.78 Å². The third kappa shape index (κ3) is 5.07. The average Bonchev–Trinajstić information content (AvgIpc) is 2.81. The summed E-state index contributed by atoms with van der Waals surface area (Å²) in [6, 6.07) is 17.4. The van der Waals surface area contributed by atoms with E-state index in [1.165, 1.54) is 0 Å². The molecule has 4 aromatic rings. The highest BCUT2D eigenvalue weighted by atomic mass is 35.5. The molecule has 32 heavy (non-hydrogen) atoms. The number of amides is 2. The maximum Gasteiger partial charge on any atom is 0.322 e. The summed E-state index contributed by atoms with van der Waals surface area (Å²) in [5.41, 5.74) is 2.36. The molecule has 0 fully saturated rings. The minimum absolute atomic E-state index is 0.108. The third-order valence-corrected chi connectivity index (χ3v) is 5.22. The normalized spacial score (nSPS) is 10.7. The molecule has 0 aliphatic rings. The van der Waals surface area contributed by atoms with Gasteiger partial charge in [0.05, 0.1) is 13.7 Å². The molecule has 4 rings (SSSR count). The number of pyridine rings is 2. The first-order valence-corrected chi connectivity index (χ1v) is 10.3. The van der Waals surface area contributed by atoms with Crippen LogP contribution in [0.3, 0.4) is 0 Å². The van der Waals surface area contributed by atoms with Crippen molar-refractivity contribution in [2.24, 2.45) is 0 Å². The van der Waals surface area contributed by atoms with Gasteiger partial charge in [0.2, 0.25) is 0 Å². The minimum Gasteiger partial charge on any atom is -0.497 e. The highest BCUT2D eigenvalue weighted by Crippen LogP contribution is 2.20. The monoisotopic (exact) mass is 448 g/mol. The fourth-order valence-electron chi connectivity index (χ4n) is 3.33. The molecule has 0 unspecified atom stereocenters. The van der Waals surface area contributed by atoms with E-state index >= 15 is 0 Å². The molecule has 0 aliphatic heterocycles. The van der Waals surface area contributed by atoms with Gasteiger partial charge in [-0.2, -0.15) is 0 Å². The lowest BCUT2D eigenvalue weighted by atomic mass is 10.1. The summed E-state index contributed by atoms with van der Waals surface area (Å²) in [6.07, 6.45) is 3.36. The Morgan fingerprint density at radius 1 is 1.12 bits per heavy atom. The lowest BCUT2D eigenvalue weighted by Gasteiger charge is -2.23. The van der Waals surface area contributed by atoms with Gasteiger partial charge in [-0.25, -0.2) is 4.79 Å². The predicted octanol–water partition coefficient (Wildman–Crippen LogP) is 4.82. The molecule has 0 bridgehead atoms. The number of carbonyl (C=O) groups is 1. The zero-order valence-electron chi connectivity index (χ0n) is 17.3. The number of urea groups is 1. The first-order valence-electron chi connectivity index (χ1n) is 9.92. The topological polar surface area (TPSA) is 87.3 Å². The van der Waals surface area contributed by atoms with Gasteiger partial charge in [0.1, 0.15) is 5.75 Å². The highest BCUT2D eigenvalue weighted by molar-refractivity contribution is 6.30. The van der Waals surface area contributed by atoms with E-state index in [1.807, 2.05) is 12.1 Å². The van der Waals surface area contributed by atoms with Crippen molar-refractivity contribution in [3.8, 4) is 5.75 Å². The van der Waals surface area contributed by atoms with Gasteiger partial charge >= 0.3 is 6.03 Å². The van der Waals surface area contributed by atoms with Crippen LogP contribution in [0.5, 0.6) is 5.75 Å². The van der Waals surface area contributed by atoms with Gasteiger partial charge in [-0.15, -0.1) is 0 Å². The molecule has 2 aromatic heterocycles. The number of H-pyrrole nitrogens is 1. The van der Waals surface area contributed by atoms with Crippen molar-refractivity contribution < 1.29 is 9.53 Å². The largest absolute Gasteiger partial charge is 0.497 e. The van der Waals surface area contributed by atoms with Crippen LogP contribution in [0.1, 0.15) is 11.1 Å². The molecule has 162 valence electrons. The number of halogens is 1. The summed E-state index contributed by atoms with van der Waals surface area (Å²) in [4.78, 5) is 34.4. The third-order valence-electron chi connectivity index (χ3n) is 4.97. The predicted molar refractivity (Wildman–Crippen MR) is 125 cm³/mol. The standard InChI is InChI=1S/C24H21ClN4O3/c1-32-21-8-9-22-17(12-21)11-18(23(30)28-22)15-29(14-16-3-2-10-26-13-16)24(31)27-20-6-4-19(25)5-7-20/h2-13H,14-15H2,1H3,(H,27,31)(H,28,30). The fourth-order valence-corrected chi connectivity index (χ4v) is 3.45. The van der Waals surface area contributed by atoms with Crippen molar-refractivity contribution in [1.82, 2.24) is 14.9 Å². The maximum atomic E-state index is 13.1. The quantitative estimate of drug-likeness (QED) is 0.442. The molecule has 2 N–H and O–H groups in total. The Hall–Kier alpha value is -3.84. The van der Waals surface area contributed by atoms with Crippen LogP contribution in [0.4, 0.5) is 10.5 Å². The summed E-state index contributed by atoms with van der Waals surface area (Å²) >= 11 is 5.93. The molecule has 2 heterocycles. The zero-order valence-corrected chi connectivity index (χ0v) is 18.1. The van der Waals surface area contributed by atoms with E-state index in [-0.39, 0.29) is 24.7 Å². The van der Waals surface area contributed by atoms with Crippen LogP contribution in [-0.4, -0.2) is 28.0 Å². The van der Waals surface area contributed by atoms with E-state index < -0.39 is 0 Å². The molecule has 2 aromatic carbocycles. The molecule has 2 amide bonds. The molecule has 0 atom stereocenters. The number of nitrogens with one attached hydrogen (secondary N) is 2. The first kappa shape index (κ1) is 21.4. The lowest BCUT2D eigenvalue weighted by molar-refractivity contribution is 0.206. The number of rotatable bonds is 6. The van der Waals surface area contributed by atoms with Crippen LogP contribution in [-0.2, 0) is 13.1 Å². The number of methoxy groups -OCH3 is 1. The Balaban J connectivity index is 1.64. The van der Waals surface area contributed by atoms with E-state index in [9.17, 15) is 9.59 Å². The molecule has 0 radical (unpaired) electrons. The Bertz CT molecular complexity index is 1290. The molecule has 7 nitrogen and oxygen atoms in total. The van der Waals surface area contributed by atoms with Crippen molar-refractivity contribution in [3.05, 3.63) is 99.6 Å². The van der Waals surface area contributed by atoms with Gasteiger partial charge in [0.25, 0.3) is 5.56 Å². The molecule has 0 saturated carbocycles. The number of aromatic nitrogens is 2. The number of ether oxygens (including phenoxy) is 1. The number of anilines is 1. The Labute approximate surface area is 189 Å². The molecular formula is C24H21ClN4O3. The average molecular weight is 449 g/mol. The van der Waals surface area contributed by atoms with E-state index in [1.54, 1.807) is 72.9 Å². The maximum absolute atomic E-state index is 13.1. The van der Waals surface area contributed by atoms with Crippen molar-refractivity contribution in [3.63, 3.8) is 0 Å². The van der Waals surface area contributed by atoms with E-state index in [4.69, 9.17) is 16.3 Å². The zero-order chi connectivity index (χ0) is 22.5. The van der Waals surface area contributed by atoms with Gasteiger partial charge in [0.15, 0.2) is 0 Å². The van der Waals surface area contributed by atoms with Crippen molar-refractivity contribution in [2.45, 2.75) is 13.1 Å². The van der Waals surface area contributed by atoms with Gasteiger partial charge in [-0.1, -0.05) is 17.7 Å². The molecule has 0 saturated heterocycles. The summed E-state index contributed by atoms with van der Waals surface area (Å²) in [5.74, 6) is 0.684. The van der Waals surface area contributed by atoms with Crippen LogP contribution in [0.25, 0.3) is 10.9 Å². The second kappa shape index (κ2) is 9.53. The summed E-state index contributed by atoms with van der Waals surface area (Å²) in [7, 11) is 1.59. The SMILES string of the molecule is COc1ccc2[nH]c(=O)c(CN(Cc3cccnc3)C(=O)Nc3ccc(Cl)cc3)cc2c1. The van der Waals surface area contributed by atoms with Crippen LogP contribution < -0.4 is 15.6 Å². The molecule has 8 heteroatoms. The second-order valence-electron chi connectivity index (χ2n) is 7.23. The van der Waals surface area contributed by atoms with Gasteiger partial charge < -0.3 is 19.9 Å². The number of aromatic amines is 1. The molecule has 0 aliphatic carbocycles. The summed E-state index contributed by atoms with van der Waals surface area (Å²) < 4.78 is 5.28. The Morgan fingerprint density at radius 3 is 2.66 bits per heavy atom. The van der Waals surface area contributed by atoms with Gasteiger partial charge in [-0.05, 0) is 60.2 Å².